The van der Waals surface area contributed by atoms with E-state index in [1.807, 2.05) is 0 Å². The van der Waals surface area contributed by atoms with E-state index in [0.29, 0.717) is 27.8 Å². The summed E-state index contributed by atoms with van der Waals surface area (Å²) in [6, 6.07) is 2.69. The number of nitrogens with one attached hydrogen (secondary N) is 1. The lowest BCUT2D eigenvalue weighted by atomic mass is 10.3. The second kappa shape index (κ2) is 7.19. The number of rotatable bonds is 4. The van der Waals surface area contributed by atoms with Gasteiger partial charge in [0.15, 0.2) is 6.61 Å². The van der Waals surface area contributed by atoms with Crippen molar-refractivity contribution >= 4 is 43.5 Å². The quantitative estimate of drug-likeness (QED) is 0.591. The second-order valence-electron chi connectivity index (χ2n) is 4.42. The Morgan fingerprint density at radius 1 is 1.33 bits per heavy atom. The molecule has 0 unspecified atom stereocenters. The Balaban J connectivity index is 2.02. The van der Waals surface area contributed by atoms with E-state index in [9.17, 15) is 14.9 Å². The van der Waals surface area contributed by atoms with E-state index in [4.69, 9.17) is 4.74 Å². The number of hydrogen-bond donors (Lipinski definition) is 1. The Morgan fingerprint density at radius 3 is 2.43 bits per heavy atom. The minimum atomic E-state index is -0.495. The Bertz CT molecular complexity index is 538. The molecule has 1 aliphatic rings. The maximum absolute atomic E-state index is 12.0. The van der Waals surface area contributed by atoms with Gasteiger partial charge in [-0.1, -0.05) is 0 Å². The zero-order valence-electron chi connectivity index (χ0n) is 11.0. The summed E-state index contributed by atoms with van der Waals surface area (Å²) in [6.45, 7) is 2.76. The Morgan fingerprint density at radius 2 is 1.90 bits per heavy atom. The molecule has 1 N–H and O–H groups in total. The number of hydrogen-bond acceptors (Lipinski definition) is 5. The number of halogens is 2. The van der Waals surface area contributed by atoms with Gasteiger partial charge >= 0.3 is 0 Å². The van der Waals surface area contributed by atoms with Crippen molar-refractivity contribution in [2.75, 3.05) is 32.8 Å². The van der Waals surface area contributed by atoms with Gasteiger partial charge in [0.1, 0.15) is 5.75 Å². The van der Waals surface area contributed by atoms with Crippen molar-refractivity contribution in [1.82, 2.24) is 10.2 Å². The van der Waals surface area contributed by atoms with Gasteiger partial charge in [0.05, 0.1) is 13.9 Å². The number of ether oxygens (including phenoxy) is 1. The van der Waals surface area contributed by atoms with Gasteiger partial charge in [-0.3, -0.25) is 14.9 Å². The molecule has 1 amide bonds. The van der Waals surface area contributed by atoms with E-state index < -0.39 is 4.92 Å². The third kappa shape index (κ3) is 4.14. The van der Waals surface area contributed by atoms with Gasteiger partial charge in [0.25, 0.3) is 11.6 Å². The van der Waals surface area contributed by atoms with Crippen LogP contribution in [0, 0.1) is 10.1 Å². The van der Waals surface area contributed by atoms with Gasteiger partial charge in [-0.2, -0.15) is 0 Å². The molecule has 9 heteroatoms. The summed E-state index contributed by atoms with van der Waals surface area (Å²) >= 11 is 6.44. The minimum Gasteiger partial charge on any atom is -0.481 e. The monoisotopic (exact) mass is 421 g/mol. The van der Waals surface area contributed by atoms with Crippen LogP contribution in [-0.4, -0.2) is 48.5 Å². The van der Waals surface area contributed by atoms with E-state index in [1.54, 1.807) is 4.90 Å². The average Bonchev–Trinajstić information content (AvgIpc) is 2.46. The molecule has 2 rings (SSSR count). The lowest BCUT2D eigenvalue weighted by Gasteiger charge is -2.27. The Labute approximate surface area is 138 Å². The van der Waals surface area contributed by atoms with E-state index in [-0.39, 0.29) is 18.2 Å². The molecule has 0 bridgehead atoms. The molecule has 114 valence electrons. The lowest BCUT2D eigenvalue weighted by molar-refractivity contribution is -0.385. The lowest BCUT2D eigenvalue weighted by Crippen LogP contribution is -2.47. The number of nitro groups is 1. The highest BCUT2D eigenvalue weighted by atomic mass is 79.9. The third-order valence-corrected chi connectivity index (χ3v) is 4.18. The van der Waals surface area contributed by atoms with Crippen molar-refractivity contribution < 1.29 is 14.5 Å². The van der Waals surface area contributed by atoms with Crippen molar-refractivity contribution in [2.45, 2.75) is 0 Å². The summed E-state index contributed by atoms with van der Waals surface area (Å²) in [5.74, 6) is 0.276. The van der Waals surface area contributed by atoms with Crippen LogP contribution in [-0.2, 0) is 4.79 Å². The molecule has 1 saturated heterocycles. The van der Waals surface area contributed by atoms with Gasteiger partial charge < -0.3 is 15.0 Å². The maximum atomic E-state index is 12.0. The number of nitro benzene ring substituents is 1. The van der Waals surface area contributed by atoms with Crippen molar-refractivity contribution in [3.05, 3.63) is 31.2 Å². The van der Waals surface area contributed by atoms with Gasteiger partial charge in [0, 0.05) is 38.3 Å². The van der Waals surface area contributed by atoms with Gasteiger partial charge in [-0.25, -0.2) is 0 Å². The normalized spacial score (nSPS) is 14.9. The number of amides is 1. The first kappa shape index (κ1) is 16.2. The molecule has 7 nitrogen and oxygen atoms in total. The summed E-state index contributed by atoms with van der Waals surface area (Å²) < 4.78 is 6.34. The molecule has 1 fully saturated rings. The largest absolute Gasteiger partial charge is 0.481 e. The van der Waals surface area contributed by atoms with E-state index >= 15 is 0 Å². The van der Waals surface area contributed by atoms with Crippen LogP contribution >= 0.6 is 31.9 Å². The van der Waals surface area contributed by atoms with Crippen LogP contribution < -0.4 is 10.1 Å². The number of carbonyl (C=O) groups excluding carboxylic acids is 1. The van der Waals surface area contributed by atoms with E-state index in [0.717, 1.165) is 13.1 Å². The fourth-order valence-electron chi connectivity index (χ4n) is 1.93. The molecular formula is C12H13Br2N3O4. The van der Waals surface area contributed by atoms with Crippen molar-refractivity contribution in [1.29, 1.82) is 0 Å². The predicted octanol–water partition coefficient (Wildman–Crippen LogP) is 1.93. The summed E-state index contributed by atoms with van der Waals surface area (Å²) in [4.78, 5) is 24.0. The number of carbonyl (C=O) groups is 1. The van der Waals surface area contributed by atoms with Gasteiger partial charge in [-0.05, 0) is 31.9 Å². The van der Waals surface area contributed by atoms with Gasteiger partial charge in [0.2, 0.25) is 0 Å². The maximum Gasteiger partial charge on any atom is 0.271 e. The molecule has 21 heavy (non-hydrogen) atoms. The molecule has 1 aromatic rings. The zero-order valence-corrected chi connectivity index (χ0v) is 14.1. The first-order valence-corrected chi connectivity index (χ1v) is 7.82. The zero-order chi connectivity index (χ0) is 15.4. The van der Waals surface area contributed by atoms with Crippen LogP contribution in [0.25, 0.3) is 0 Å². The summed E-state index contributed by atoms with van der Waals surface area (Å²) in [5, 5.41) is 13.9. The molecule has 0 spiro atoms. The highest BCUT2D eigenvalue weighted by molar-refractivity contribution is 9.11. The van der Waals surface area contributed by atoms with E-state index in [2.05, 4.69) is 37.2 Å². The molecule has 0 saturated carbocycles. The third-order valence-electron chi connectivity index (χ3n) is 3.00. The molecule has 0 aromatic heterocycles. The topological polar surface area (TPSA) is 84.7 Å². The van der Waals surface area contributed by atoms with Crippen molar-refractivity contribution in [2.24, 2.45) is 0 Å². The minimum absolute atomic E-state index is 0.0606. The predicted molar refractivity (Wildman–Crippen MR) is 83.4 cm³/mol. The fraction of sp³-hybridized carbons (Fsp3) is 0.417. The number of non-ortho nitro benzene ring substituents is 1. The summed E-state index contributed by atoms with van der Waals surface area (Å²) in [6.07, 6.45) is 0. The van der Waals surface area contributed by atoms with E-state index in [1.165, 1.54) is 12.1 Å². The van der Waals surface area contributed by atoms with Crippen LogP contribution in [0.4, 0.5) is 5.69 Å². The SMILES string of the molecule is O=C(COc1c(Br)cc([N+](=O)[O-])cc1Br)N1CCNCC1. The first-order chi connectivity index (χ1) is 9.99. The fourth-order valence-corrected chi connectivity index (χ4v) is 3.32. The number of nitrogens with zero attached hydrogens (tertiary/aromatic N) is 2. The molecule has 0 atom stereocenters. The Kier molecular flexibility index (Phi) is 5.54. The number of benzene rings is 1. The molecule has 1 aliphatic heterocycles. The summed E-state index contributed by atoms with van der Waals surface area (Å²) in [7, 11) is 0. The highest BCUT2D eigenvalue weighted by Gasteiger charge is 2.19. The molecule has 0 radical (unpaired) electrons. The van der Waals surface area contributed by atoms with Crippen LogP contribution in [0.2, 0.25) is 0 Å². The van der Waals surface area contributed by atoms with Gasteiger partial charge in [-0.15, -0.1) is 0 Å². The van der Waals surface area contributed by atoms with Crippen LogP contribution in [0.3, 0.4) is 0 Å². The molecule has 0 aliphatic carbocycles. The first-order valence-electron chi connectivity index (χ1n) is 6.24. The number of piperazine rings is 1. The standard InChI is InChI=1S/C12H13Br2N3O4/c13-9-5-8(17(19)20)6-10(14)12(9)21-7-11(18)16-3-1-15-2-4-16/h5-6,15H,1-4,7H2. The smallest absolute Gasteiger partial charge is 0.271 e. The van der Waals surface area contributed by atoms with Crippen molar-refractivity contribution in [3.8, 4) is 5.75 Å². The van der Waals surface area contributed by atoms with Crippen LogP contribution in [0.5, 0.6) is 5.75 Å². The molecular weight excluding hydrogens is 410 g/mol. The molecule has 1 aromatic carbocycles. The van der Waals surface area contributed by atoms with Crippen LogP contribution in [0.15, 0.2) is 21.1 Å². The summed E-state index contributed by atoms with van der Waals surface area (Å²) in [5.41, 5.74) is -0.0606. The Hall–Kier alpha value is -1.19. The van der Waals surface area contributed by atoms with Crippen molar-refractivity contribution in [3.63, 3.8) is 0 Å². The average molecular weight is 423 g/mol. The van der Waals surface area contributed by atoms with Crippen LogP contribution in [0.1, 0.15) is 0 Å². The highest BCUT2D eigenvalue weighted by Crippen LogP contribution is 2.37. The molecule has 1 heterocycles. The second-order valence-corrected chi connectivity index (χ2v) is 6.12.